The van der Waals surface area contributed by atoms with Crippen LogP contribution in [0, 0.1) is 0 Å². The number of carbonyl (C=O) groups is 4. The zero-order valence-corrected chi connectivity index (χ0v) is 60.2. The Hall–Kier alpha value is -8.24. The van der Waals surface area contributed by atoms with Gasteiger partial charge in [0.2, 0.25) is 0 Å². The van der Waals surface area contributed by atoms with Crippen molar-refractivity contribution >= 4 is 66.7 Å². The molecule has 0 fully saturated rings. The van der Waals surface area contributed by atoms with Crippen molar-refractivity contribution in [2.45, 2.75) is 247 Å². The van der Waals surface area contributed by atoms with E-state index in [-0.39, 0.29) is 33.7 Å². The summed E-state index contributed by atoms with van der Waals surface area (Å²) in [5.41, 5.74) is 5.04. The molecule has 10 heteroatoms. The highest BCUT2D eigenvalue weighted by Crippen LogP contribution is 2.58. The Morgan fingerprint density at radius 1 is 0.281 bits per heavy atom. The first-order chi connectivity index (χ1) is 45.7. The third kappa shape index (κ3) is 13.7. The van der Waals surface area contributed by atoms with Crippen LogP contribution < -0.4 is 18.9 Å². The summed E-state index contributed by atoms with van der Waals surface area (Å²) in [6.07, 6.45) is 13.9. The second-order valence-corrected chi connectivity index (χ2v) is 31.4. The molecule has 9 aromatic rings. The van der Waals surface area contributed by atoms with Crippen LogP contribution in [0.15, 0.2) is 121 Å². The Morgan fingerprint density at radius 3 is 0.656 bits per heavy atom. The minimum atomic E-state index is -0.395. The topological polar surface area (TPSA) is 112 Å². The van der Waals surface area contributed by atoms with Crippen LogP contribution >= 0.6 is 0 Å². The number of nitrogens with zero attached hydrogens (tertiary/aromatic N) is 2. The van der Waals surface area contributed by atoms with Gasteiger partial charge in [-0.05, 0) is 142 Å². The third-order valence-corrected chi connectivity index (χ3v) is 20.0. The van der Waals surface area contributed by atoms with E-state index in [0.717, 1.165) is 99.3 Å². The number of ether oxygens (including phenoxy) is 4. The van der Waals surface area contributed by atoms with E-state index in [1.807, 2.05) is 72.8 Å². The zero-order chi connectivity index (χ0) is 68.8. The first-order valence-electron chi connectivity index (χ1n) is 35.9. The largest absolute Gasteiger partial charge is 0.457 e. The van der Waals surface area contributed by atoms with Gasteiger partial charge in [-0.3, -0.25) is 29.0 Å². The first-order valence-corrected chi connectivity index (χ1v) is 35.9. The lowest BCUT2D eigenvalue weighted by Crippen LogP contribution is -2.47. The predicted molar refractivity (Wildman–Crippen MR) is 394 cm³/mol. The van der Waals surface area contributed by atoms with Crippen molar-refractivity contribution in [1.29, 1.82) is 0 Å². The number of unbranched alkanes of at least 4 members (excludes halogenated alkanes) is 8. The smallest absolute Gasteiger partial charge is 0.261 e. The SMILES string of the molecule is CCCCCC(CCCCC)N1C(=O)c2cc(Oc3ccc(C(C)(C)C)cc3)c3c4c(Oc5ccc(C(C)(C)C)cc5)cc5c6c(cc(Oc7ccc(C(C)(C)C)cc7)c(c7c(Oc8ccc(C(C)(C)C)cc8)cc(c2c37)C1=O)c64)C(=O)N(C(CCCCC)CCCCC)C5=O. The predicted octanol–water partition coefficient (Wildman–Crippen LogP) is 24.3. The summed E-state index contributed by atoms with van der Waals surface area (Å²) < 4.78 is 29.7. The van der Waals surface area contributed by atoms with Crippen molar-refractivity contribution in [2.24, 2.45) is 0 Å². The number of carbonyl (C=O) groups excluding carboxylic acids is 4. The van der Waals surface area contributed by atoms with Gasteiger partial charge in [0.05, 0.1) is 22.3 Å². The second kappa shape index (κ2) is 27.7. The summed E-state index contributed by atoms with van der Waals surface area (Å²) in [5.74, 6) is 1.75. The molecule has 11 rings (SSSR count). The van der Waals surface area contributed by atoms with E-state index in [0.29, 0.717) is 137 Å². The van der Waals surface area contributed by atoms with Crippen molar-refractivity contribution in [2.75, 3.05) is 0 Å². The van der Waals surface area contributed by atoms with Crippen LogP contribution in [-0.4, -0.2) is 45.5 Å². The highest BCUT2D eigenvalue weighted by molar-refractivity contribution is 6.45. The van der Waals surface area contributed by atoms with E-state index in [2.05, 4.69) is 159 Å². The lowest BCUT2D eigenvalue weighted by atomic mass is 9.80. The molecule has 4 amide bonds. The second-order valence-electron chi connectivity index (χ2n) is 31.4. The Morgan fingerprint density at radius 2 is 0.479 bits per heavy atom. The summed E-state index contributed by atoms with van der Waals surface area (Å²) in [4.78, 5) is 68.3. The van der Waals surface area contributed by atoms with Gasteiger partial charge in [-0.1, -0.05) is 236 Å². The van der Waals surface area contributed by atoms with Crippen molar-refractivity contribution in [3.63, 3.8) is 0 Å². The zero-order valence-electron chi connectivity index (χ0n) is 60.2. The molecular formula is C86H102N2O8. The standard InChI is InChI=1S/C86H102N2O8/c1-17-21-25-29-57(30-26-22-18-2)87-79(89)63-49-67(93-59-41-33-53(34-42-59)83(5,6)7)73-75-69(95-61-45-37-55(38-46-61)85(11,12)13)51-65-72-66(82(92)88(81(65)91)58(31-27-23-19-3)32-28-24-20-4)52-70(96-62-47-39-56(40-48-62)86(14,15)16)76(78(72)75)74-68(50-64(80(87)90)71(63)77(73)74)94-60-43-35-54(36-44-60)84(8,9)10/h33-52,57-58H,17-32H2,1-16H3. The normalized spacial score (nSPS) is 13.9. The van der Waals surface area contributed by atoms with Crippen LogP contribution in [0.1, 0.15) is 277 Å². The first kappa shape index (κ1) is 69.1. The van der Waals surface area contributed by atoms with E-state index >= 15 is 19.2 Å². The maximum Gasteiger partial charge on any atom is 0.261 e. The van der Waals surface area contributed by atoms with Gasteiger partial charge in [-0.2, -0.15) is 0 Å². The van der Waals surface area contributed by atoms with Crippen LogP contribution in [0.3, 0.4) is 0 Å². The van der Waals surface area contributed by atoms with Crippen molar-refractivity contribution in [3.05, 3.63) is 166 Å². The minimum absolute atomic E-state index is 0.166. The van der Waals surface area contributed by atoms with Gasteiger partial charge in [-0.15, -0.1) is 0 Å². The molecule has 2 aliphatic rings. The molecule has 0 radical (unpaired) electrons. The molecule has 0 spiro atoms. The fourth-order valence-corrected chi connectivity index (χ4v) is 14.5. The van der Waals surface area contributed by atoms with Gasteiger partial charge in [-0.25, -0.2) is 0 Å². The van der Waals surface area contributed by atoms with Crippen LogP contribution in [0.25, 0.3) is 43.1 Å². The Bertz CT molecular complexity index is 3790. The molecule has 0 unspecified atom stereocenters. The number of benzene rings is 9. The van der Waals surface area contributed by atoms with Crippen LogP contribution in [-0.2, 0) is 21.7 Å². The maximum absolute atomic E-state index is 16.3. The summed E-state index contributed by atoms with van der Waals surface area (Å²) in [6, 6.07) is 38.9. The quantitative estimate of drug-likeness (QED) is 0.0228. The van der Waals surface area contributed by atoms with Crippen LogP contribution in [0.5, 0.6) is 46.0 Å². The monoisotopic (exact) mass is 1290 g/mol. The number of hydrogen-bond donors (Lipinski definition) is 0. The van der Waals surface area contributed by atoms with Gasteiger partial charge in [0.25, 0.3) is 23.6 Å². The fraction of sp³-hybridized carbons (Fsp3) is 0.442. The number of imide groups is 2. The lowest BCUT2D eigenvalue weighted by Gasteiger charge is -2.36. The number of fused-ring (bicyclic) bond motifs is 2. The molecule has 0 aliphatic carbocycles. The summed E-state index contributed by atoms with van der Waals surface area (Å²) in [6.45, 7) is 34.8. The fourth-order valence-electron chi connectivity index (χ4n) is 14.5. The highest BCUT2D eigenvalue weighted by Gasteiger charge is 2.44. The van der Waals surface area contributed by atoms with Crippen molar-refractivity contribution in [3.8, 4) is 46.0 Å². The highest BCUT2D eigenvalue weighted by atomic mass is 16.5. The molecule has 0 N–H and O–H groups in total. The molecule has 0 atom stereocenters. The molecule has 0 saturated carbocycles. The van der Waals surface area contributed by atoms with Gasteiger partial charge in [0, 0.05) is 55.2 Å². The minimum Gasteiger partial charge on any atom is -0.457 e. The summed E-state index contributed by atoms with van der Waals surface area (Å²) in [5, 5.41) is 3.94. The van der Waals surface area contributed by atoms with E-state index in [1.54, 1.807) is 9.80 Å². The number of amides is 4. The van der Waals surface area contributed by atoms with Crippen LogP contribution in [0.4, 0.5) is 0 Å². The van der Waals surface area contributed by atoms with Gasteiger partial charge in [0.1, 0.15) is 46.0 Å². The molecule has 2 heterocycles. The van der Waals surface area contributed by atoms with Gasteiger partial charge >= 0.3 is 0 Å². The van der Waals surface area contributed by atoms with Crippen molar-refractivity contribution in [1.82, 2.24) is 9.80 Å². The summed E-state index contributed by atoms with van der Waals surface area (Å²) >= 11 is 0. The van der Waals surface area contributed by atoms with Gasteiger partial charge in [0.15, 0.2) is 0 Å². The Kier molecular flexibility index (Phi) is 19.9. The molecular weight excluding hydrogens is 1190 g/mol. The molecule has 96 heavy (non-hydrogen) atoms. The average Bonchev–Trinajstić information content (AvgIpc) is 0.674. The molecule has 0 saturated heterocycles. The van der Waals surface area contributed by atoms with E-state index in [1.165, 1.54) is 0 Å². The molecule has 0 bridgehead atoms. The summed E-state index contributed by atoms with van der Waals surface area (Å²) in [7, 11) is 0. The van der Waals surface area contributed by atoms with E-state index in [9.17, 15) is 0 Å². The molecule has 2 aliphatic heterocycles. The van der Waals surface area contributed by atoms with Crippen molar-refractivity contribution < 1.29 is 38.1 Å². The Balaban J connectivity index is 1.35. The number of hydrogen-bond acceptors (Lipinski definition) is 8. The third-order valence-electron chi connectivity index (χ3n) is 20.0. The maximum atomic E-state index is 16.3. The Labute approximate surface area is 570 Å². The molecule has 504 valence electrons. The average molecular weight is 1290 g/mol. The van der Waals surface area contributed by atoms with E-state index in [4.69, 9.17) is 18.9 Å². The van der Waals surface area contributed by atoms with Gasteiger partial charge < -0.3 is 18.9 Å². The van der Waals surface area contributed by atoms with E-state index < -0.39 is 23.6 Å². The molecule has 10 nitrogen and oxygen atoms in total. The molecule has 9 aromatic carbocycles. The van der Waals surface area contributed by atoms with Crippen LogP contribution in [0.2, 0.25) is 0 Å². The lowest BCUT2D eigenvalue weighted by molar-refractivity contribution is 0.0501. The molecule has 0 aromatic heterocycles. The number of rotatable bonds is 26.